The lowest BCUT2D eigenvalue weighted by Gasteiger charge is -2.33. The maximum Gasteiger partial charge on any atom is 0.391 e. The number of halogens is 3. The fraction of sp³-hybridized carbons (Fsp3) is 0.647. The van der Waals surface area contributed by atoms with E-state index >= 15 is 0 Å². The summed E-state index contributed by atoms with van der Waals surface area (Å²) in [5.41, 5.74) is 3.60. The van der Waals surface area contributed by atoms with Gasteiger partial charge < -0.3 is 5.32 Å². The Morgan fingerprint density at radius 1 is 1.14 bits per heavy atom. The second-order valence-electron chi connectivity index (χ2n) is 6.33. The number of benzene rings is 1. The average molecular weight is 299 g/mol. The molecule has 3 unspecified atom stereocenters. The molecule has 1 aliphatic carbocycles. The summed E-state index contributed by atoms with van der Waals surface area (Å²) >= 11 is 0. The van der Waals surface area contributed by atoms with Crippen molar-refractivity contribution in [1.82, 2.24) is 5.32 Å². The normalized spacial score (nSPS) is 24.9. The van der Waals surface area contributed by atoms with Gasteiger partial charge in [-0.05, 0) is 56.7 Å². The van der Waals surface area contributed by atoms with E-state index < -0.39 is 12.1 Å². The van der Waals surface area contributed by atoms with Gasteiger partial charge in [-0.25, -0.2) is 0 Å². The van der Waals surface area contributed by atoms with Crippen LogP contribution in [0.2, 0.25) is 0 Å². The Bertz CT molecular complexity index is 481. The van der Waals surface area contributed by atoms with Crippen LogP contribution in [0.1, 0.15) is 55.3 Å². The Hall–Kier alpha value is -1.03. The standard InChI is InChI=1S/C17H24F3N/c1-11-7-8-14(9-12(11)2)13(3)21-16-6-4-5-15(10-16)17(18,19)20/h7-9,13,15-16,21H,4-6,10H2,1-3H3. The van der Waals surface area contributed by atoms with Crippen LogP contribution in [-0.2, 0) is 0 Å². The van der Waals surface area contributed by atoms with Crippen LogP contribution >= 0.6 is 0 Å². The Morgan fingerprint density at radius 3 is 2.48 bits per heavy atom. The van der Waals surface area contributed by atoms with Gasteiger partial charge in [0.1, 0.15) is 0 Å². The molecule has 0 bridgehead atoms. The van der Waals surface area contributed by atoms with Gasteiger partial charge in [0.25, 0.3) is 0 Å². The second-order valence-corrected chi connectivity index (χ2v) is 6.33. The van der Waals surface area contributed by atoms with Crippen molar-refractivity contribution in [3.05, 3.63) is 34.9 Å². The molecule has 21 heavy (non-hydrogen) atoms. The second kappa shape index (κ2) is 6.39. The lowest BCUT2D eigenvalue weighted by molar-refractivity contribution is -0.183. The van der Waals surface area contributed by atoms with Crippen molar-refractivity contribution in [2.75, 3.05) is 0 Å². The van der Waals surface area contributed by atoms with Gasteiger partial charge >= 0.3 is 6.18 Å². The van der Waals surface area contributed by atoms with Gasteiger partial charge in [0.15, 0.2) is 0 Å². The van der Waals surface area contributed by atoms with Crippen LogP contribution in [0.15, 0.2) is 18.2 Å². The number of rotatable bonds is 3. The summed E-state index contributed by atoms with van der Waals surface area (Å²) in [7, 11) is 0. The zero-order valence-corrected chi connectivity index (χ0v) is 12.9. The lowest BCUT2D eigenvalue weighted by atomic mass is 9.84. The molecule has 0 saturated heterocycles. The molecule has 1 saturated carbocycles. The van der Waals surface area contributed by atoms with E-state index in [2.05, 4.69) is 37.4 Å². The predicted octanol–water partition coefficient (Wildman–Crippen LogP) is 5.08. The van der Waals surface area contributed by atoms with E-state index in [1.807, 2.05) is 6.92 Å². The van der Waals surface area contributed by atoms with Crippen LogP contribution in [0.25, 0.3) is 0 Å². The summed E-state index contributed by atoms with van der Waals surface area (Å²) < 4.78 is 38.5. The largest absolute Gasteiger partial charge is 0.391 e. The number of nitrogens with one attached hydrogen (secondary N) is 1. The summed E-state index contributed by atoms with van der Waals surface area (Å²) in [5, 5.41) is 3.38. The van der Waals surface area contributed by atoms with E-state index in [-0.39, 0.29) is 24.9 Å². The van der Waals surface area contributed by atoms with Crippen LogP contribution in [0.4, 0.5) is 13.2 Å². The monoisotopic (exact) mass is 299 g/mol. The third kappa shape index (κ3) is 4.22. The Balaban J connectivity index is 1.98. The summed E-state index contributed by atoms with van der Waals surface area (Å²) in [6.07, 6.45) is -2.08. The Kier molecular flexibility index (Phi) is 4.97. The molecule has 4 heteroatoms. The maximum atomic E-state index is 12.8. The summed E-state index contributed by atoms with van der Waals surface area (Å²) in [6.45, 7) is 6.15. The fourth-order valence-electron chi connectivity index (χ4n) is 3.12. The van der Waals surface area contributed by atoms with Crippen molar-refractivity contribution in [1.29, 1.82) is 0 Å². The van der Waals surface area contributed by atoms with Gasteiger partial charge in [-0.15, -0.1) is 0 Å². The molecule has 0 radical (unpaired) electrons. The van der Waals surface area contributed by atoms with Crippen LogP contribution in [0, 0.1) is 19.8 Å². The fourth-order valence-corrected chi connectivity index (χ4v) is 3.12. The Labute approximate surface area is 124 Å². The van der Waals surface area contributed by atoms with Gasteiger partial charge in [-0.3, -0.25) is 0 Å². The van der Waals surface area contributed by atoms with Crippen molar-refractivity contribution in [2.45, 2.75) is 64.7 Å². The Morgan fingerprint density at radius 2 is 1.86 bits per heavy atom. The van der Waals surface area contributed by atoms with Gasteiger partial charge in [0.05, 0.1) is 5.92 Å². The van der Waals surface area contributed by atoms with E-state index in [0.29, 0.717) is 6.42 Å². The molecule has 0 heterocycles. The zero-order valence-electron chi connectivity index (χ0n) is 12.9. The number of alkyl halides is 3. The first-order chi connectivity index (χ1) is 9.77. The molecule has 0 amide bonds. The van der Waals surface area contributed by atoms with Crippen molar-refractivity contribution in [3.8, 4) is 0 Å². The minimum Gasteiger partial charge on any atom is -0.307 e. The molecule has 1 aromatic rings. The van der Waals surface area contributed by atoms with Crippen LogP contribution in [0.5, 0.6) is 0 Å². The summed E-state index contributed by atoms with van der Waals surface area (Å²) in [5.74, 6) is -1.14. The molecule has 0 aliphatic heterocycles. The zero-order chi connectivity index (χ0) is 15.6. The SMILES string of the molecule is Cc1ccc(C(C)NC2CCCC(C(F)(F)F)C2)cc1C. The molecule has 1 nitrogen and oxygen atoms in total. The first kappa shape index (κ1) is 16.3. The predicted molar refractivity (Wildman–Crippen MR) is 79.3 cm³/mol. The molecule has 118 valence electrons. The molecule has 0 spiro atoms. The van der Waals surface area contributed by atoms with Crippen LogP contribution in [-0.4, -0.2) is 12.2 Å². The highest BCUT2D eigenvalue weighted by atomic mass is 19.4. The highest BCUT2D eigenvalue weighted by Crippen LogP contribution is 2.38. The van der Waals surface area contributed by atoms with Crippen molar-refractivity contribution >= 4 is 0 Å². The van der Waals surface area contributed by atoms with Crippen molar-refractivity contribution in [3.63, 3.8) is 0 Å². The van der Waals surface area contributed by atoms with E-state index in [4.69, 9.17) is 0 Å². The molecular formula is C17H24F3N. The summed E-state index contributed by atoms with van der Waals surface area (Å²) in [4.78, 5) is 0. The average Bonchev–Trinajstić information content (AvgIpc) is 2.41. The molecule has 1 fully saturated rings. The highest BCUT2D eigenvalue weighted by molar-refractivity contribution is 5.31. The maximum absolute atomic E-state index is 12.8. The third-order valence-corrected chi connectivity index (χ3v) is 4.65. The number of aryl methyl sites for hydroxylation is 2. The molecule has 3 atom stereocenters. The topological polar surface area (TPSA) is 12.0 Å². The smallest absolute Gasteiger partial charge is 0.307 e. The van der Waals surface area contributed by atoms with Crippen molar-refractivity contribution in [2.24, 2.45) is 5.92 Å². The van der Waals surface area contributed by atoms with E-state index in [9.17, 15) is 13.2 Å². The minimum atomic E-state index is -4.05. The van der Waals surface area contributed by atoms with Crippen LogP contribution < -0.4 is 5.32 Å². The number of hydrogen-bond acceptors (Lipinski definition) is 1. The van der Waals surface area contributed by atoms with Crippen molar-refractivity contribution < 1.29 is 13.2 Å². The van der Waals surface area contributed by atoms with Crippen LogP contribution in [0.3, 0.4) is 0 Å². The molecule has 1 aliphatic rings. The number of hydrogen-bond donors (Lipinski definition) is 1. The van der Waals surface area contributed by atoms with E-state index in [0.717, 1.165) is 12.0 Å². The lowest BCUT2D eigenvalue weighted by Crippen LogP contribution is -2.39. The minimum absolute atomic E-state index is 0.0398. The first-order valence-electron chi connectivity index (χ1n) is 7.67. The molecule has 1 N–H and O–H groups in total. The highest BCUT2D eigenvalue weighted by Gasteiger charge is 2.42. The molecular weight excluding hydrogens is 275 g/mol. The van der Waals surface area contributed by atoms with Gasteiger partial charge in [-0.1, -0.05) is 24.6 Å². The summed E-state index contributed by atoms with van der Waals surface area (Å²) in [6, 6.07) is 6.30. The molecule has 1 aromatic carbocycles. The van der Waals surface area contributed by atoms with E-state index in [1.54, 1.807) is 0 Å². The quantitative estimate of drug-likeness (QED) is 0.821. The van der Waals surface area contributed by atoms with Gasteiger partial charge in [-0.2, -0.15) is 13.2 Å². The van der Waals surface area contributed by atoms with E-state index in [1.165, 1.54) is 11.1 Å². The van der Waals surface area contributed by atoms with Gasteiger partial charge in [0.2, 0.25) is 0 Å². The third-order valence-electron chi connectivity index (χ3n) is 4.65. The van der Waals surface area contributed by atoms with Gasteiger partial charge in [0, 0.05) is 12.1 Å². The molecule has 2 rings (SSSR count). The molecule has 0 aromatic heterocycles. The first-order valence-corrected chi connectivity index (χ1v) is 7.67.